The Kier molecular flexibility index (Phi) is 2.36. The number of carbonyl (C=O) groups is 1. The van der Waals surface area contributed by atoms with Crippen molar-refractivity contribution in [3.05, 3.63) is 23.5 Å². The number of hydrogen-bond acceptors (Lipinski definition) is 3. The quantitative estimate of drug-likeness (QED) is 0.677. The Balaban J connectivity index is 3.31. The summed E-state index contributed by atoms with van der Waals surface area (Å²) in [6.07, 6.45) is 0. The number of aromatic carboxylic acids is 1. The molecule has 0 atom stereocenters. The van der Waals surface area contributed by atoms with Gasteiger partial charge < -0.3 is 15.6 Å². The van der Waals surface area contributed by atoms with E-state index in [4.69, 9.17) is 15.6 Å². The predicted octanol–water partition coefficient (Wildman–Crippen LogP) is 1.11. The molecule has 0 saturated carbocycles. The van der Waals surface area contributed by atoms with Crippen LogP contribution in [0.4, 0.5) is 10.1 Å². The van der Waals surface area contributed by atoms with E-state index in [0.717, 1.165) is 6.07 Å². The average molecular weight is 185 g/mol. The van der Waals surface area contributed by atoms with E-state index >= 15 is 0 Å². The molecule has 0 saturated heterocycles. The van der Waals surface area contributed by atoms with Crippen LogP contribution in [0.15, 0.2) is 12.1 Å². The number of hydrogen-bond donors (Lipinski definition) is 2. The van der Waals surface area contributed by atoms with Crippen molar-refractivity contribution in [3.63, 3.8) is 0 Å². The Morgan fingerprint density at radius 2 is 2.23 bits per heavy atom. The third kappa shape index (κ3) is 1.69. The first-order valence-electron chi connectivity index (χ1n) is 3.42. The lowest BCUT2D eigenvalue weighted by Crippen LogP contribution is -2.06. The van der Waals surface area contributed by atoms with Crippen molar-refractivity contribution >= 4 is 11.7 Å². The minimum atomic E-state index is -1.39. The molecule has 13 heavy (non-hydrogen) atoms. The maximum atomic E-state index is 13.0. The molecule has 0 aliphatic heterocycles. The SMILES string of the molecule is COc1cc(N)c(C(=O)O)c(F)c1. The van der Waals surface area contributed by atoms with Crippen molar-refractivity contribution in [1.29, 1.82) is 0 Å². The summed E-state index contributed by atoms with van der Waals surface area (Å²) >= 11 is 0. The van der Waals surface area contributed by atoms with Gasteiger partial charge in [-0.1, -0.05) is 0 Å². The number of rotatable bonds is 2. The van der Waals surface area contributed by atoms with E-state index in [1.54, 1.807) is 0 Å². The lowest BCUT2D eigenvalue weighted by Gasteiger charge is -2.05. The Bertz CT molecular complexity index is 328. The molecule has 70 valence electrons. The van der Waals surface area contributed by atoms with Crippen LogP contribution in [-0.2, 0) is 0 Å². The summed E-state index contributed by atoms with van der Waals surface area (Å²) in [5.41, 5.74) is 4.62. The minimum Gasteiger partial charge on any atom is -0.497 e. The van der Waals surface area contributed by atoms with Gasteiger partial charge in [0.1, 0.15) is 17.1 Å². The number of ether oxygens (including phenoxy) is 1. The predicted molar refractivity (Wildman–Crippen MR) is 44.3 cm³/mol. The third-order valence-corrected chi connectivity index (χ3v) is 1.54. The van der Waals surface area contributed by atoms with E-state index in [2.05, 4.69) is 0 Å². The molecule has 0 amide bonds. The number of halogens is 1. The summed E-state index contributed by atoms with van der Waals surface area (Å²) in [4.78, 5) is 10.5. The number of nitrogens with two attached hydrogens (primary N) is 1. The maximum absolute atomic E-state index is 13.0. The Morgan fingerprint density at radius 1 is 1.62 bits per heavy atom. The van der Waals surface area contributed by atoms with Gasteiger partial charge in [0.2, 0.25) is 0 Å². The van der Waals surface area contributed by atoms with E-state index < -0.39 is 17.3 Å². The topological polar surface area (TPSA) is 72.5 Å². The number of nitrogen functional groups attached to an aromatic ring is 1. The fourth-order valence-electron chi connectivity index (χ4n) is 0.946. The molecular weight excluding hydrogens is 177 g/mol. The Morgan fingerprint density at radius 3 is 2.62 bits per heavy atom. The van der Waals surface area contributed by atoms with Crippen molar-refractivity contribution in [2.45, 2.75) is 0 Å². The standard InChI is InChI=1S/C8H8FNO3/c1-13-4-2-5(9)7(8(11)12)6(10)3-4/h2-3H,10H2,1H3,(H,11,12). The molecule has 1 rings (SSSR count). The average Bonchev–Trinajstić information content (AvgIpc) is 2.02. The van der Waals surface area contributed by atoms with Crippen LogP contribution in [0.25, 0.3) is 0 Å². The highest BCUT2D eigenvalue weighted by atomic mass is 19.1. The molecule has 0 heterocycles. The summed E-state index contributed by atoms with van der Waals surface area (Å²) < 4.78 is 17.7. The molecular formula is C8H8FNO3. The van der Waals surface area contributed by atoms with Gasteiger partial charge in [-0.3, -0.25) is 0 Å². The Hall–Kier alpha value is -1.78. The minimum absolute atomic E-state index is 0.149. The third-order valence-electron chi connectivity index (χ3n) is 1.54. The van der Waals surface area contributed by atoms with E-state index in [1.165, 1.54) is 13.2 Å². The van der Waals surface area contributed by atoms with Crippen molar-refractivity contribution in [3.8, 4) is 5.75 Å². The van der Waals surface area contributed by atoms with Gasteiger partial charge in [0.25, 0.3) is 0 Å². The van der Waals surface area contributed by atoms with Gasteiger partial charge in [-0.05, 0) is 0 Å². The number of benzene rings is 1. The molecule has 0 aliphatic carbocycles. The summed E-state index contributed by atoms with van der Waals surface area (Å²) in [6, 6.07) is 2.23. The smallest absolute Gasteiger partial charge is 0.340 e. The second-order valence-corrected chi connectivity index (χ2v) is 2.38. The van der Waals surface area contributed by atoms with Crippen molar-refractivity contribution in [1.82, 2.24) is 0 Å². The summed E-state index contributed by atoms with van der Waals surface area (Å²) in [6.45, 7) is 0. The number of carboxylic acid groups (broad SMARTS) is 1. The molecule has 0 aromatic heterocycles. The zero-order chi connectivity index (χ0) is 10.0. The summed E-state index contributed by atoms with van der Waals surface area (Å²) in [5, 5.41) is 8.55. The molecule has 0 unspecified atom stereocenters. The fourth-order valence-corrected chi connectivity index (χ4v) is 0.946. The van der Waals surface area contributed by atoms with Crippen LogP contribution < -0.4 is 10.5 Å². The van der Waals surface area contributed by atoms with Gasteiger partial charge >= 0.3 is 5.97 Å². The largest absolute Gasteiger partial charge is 0.497 e. The van der Waals surface area contributed by atoms with Gasteiger partial charge in [-0.25, -0.2) is 9.18 Å². The number of methoxy groups -OCH3 is 1. The molecule has 3 N–H and O–H groups in total. The van der Waals surface area contributed by atoms with Gasteiger partial charge in [0.15, 0.2) is 0 Å². The highest BCUT2D eigenvalue weighted by Crippen LogP contribution is 2.23. The van der Waals surface area contributed by atoms with Crippen molar-refractivity contribution in [2.24, 2.45) is 0 Å². The van der Waals surface area contributed by atoms with Crippen LogP contribution in [0.5, 0.6) is 5.75 Å². The second-order valence-electron chi connectivity index (χ2n) is 2.38. The molecule has 5 heteroatoms. The molecule has 0 bridgehead atoms. The monoisotopic (exact) mass is 185 g/mol. The van der Waals surface area contributed by atoms with Crippen molar-refractivity contribution in [2.75, 3.05) is 12.8 Å². The first-order valence-corrected chi connectivity index (χ1v) is 3.42. The highest BCUT2D eigenvalue weighted by Gasteiger charge is 2.15. The van der Waals surface area contributed by atoms with Gasteiger partial charge in [-0.15, -0.1) is 0 Å². The molecule has 0 aliphatic rings. The van der Waals surface area contributed by atoms with Crippen LogP contribution in [0.1, 0.15) is 10.4 Å². The lowest BCUT2D eigenvalue weighted by atomic mass is 10.1. The van der Waals surface area contributed by atoms with E-state index in [0.29, 0.717) is 0 Å². The first kappa shape index (κ1) is 9.31. The lowest BCUT2D eigenvalue weighted by molar-refractivity contribution is 0.0693. The zero-order valence-electron chi connectivity index (χ0n) is 6.87. The number of anilines is 1. The maximum Gasteiger partial charge on any atom is 0.340 e. The van der Waals surface area contributed by atoms with Crippen LogP contribution in [0.3, 0.4) is 0 Å². The van der Waals surface area contributed by atoms with Crippen LogP contribution in [-0.4, -0.2) is 18.2 Å². The summed E-state index contributed by atoms with van der Waals surface area (Å²) in [5.74, 6) is -2.10. The van der Waals surface area contributed by atoms with E-state index in [-0.39, 0.29) is 11.4 Å². The molecule has 0 spiro atoms. The van der Waals surface area contributed by atoms with E-state index in [9.17, 15) is 9.18 Å². The Labute approximate surface area is 73.7 Å². The normalized spacial score (nSPS) is 9.69. The second kappa shape index (κ2) is 3.30. The molecule has 0 fully saturated rings. The molecule has 1 aromatic rings. The number of carboxylic acids is 1. The molecule has 0 radical (unpaired) electrons. The van der Waals surface area contributed by atoms with Crippen molar-refractivity contribution < 1.29 is 19.0 Å². The summed E-state index contributed by atoms with van der Waals surface area (Å²) in [7, 11) is 1.34. The molecule has 1 aromatic carbocycles. The molecule has 4 nitrogen and oxygen atoms in total. The van der Waals surface area contributed by atoms with Gasteiger partial charge in [-0.2, -0.15) is 0 Å². The van der Waals surface area contributed by atoms with Gasteiger partial charge in [0, 0.05) is 12.1 Å². The first-order chi connectivity index (χ1) is 6.06. The van der Waals surface area contributed by atoms with Crippen LogP contribution in [0.2, 0.25) is 0 Å². The van der Waals surface area contributed by atoms with Gasteiger partial charge in [0.05, 0.1) is 12.8 Å². The van der Waals surface area contributed by atoms with Crippen LogP contribution in [0, 0.1) is 5.82 Å². The highest BCUT2D eigenvalue weighted by molar-refractivity contribution is 5.94. The van der Waals surface area contributed by atoms with Crippen LogP contribution >= 0.6 is 0 Å². The van der Waals surface area contributed by atoms with E-state index in [1.807, 2.05) is 0 Å². The zero-order valence-corrected chi connectivity index (χ0v) is 6.87. The fraction of sp³-hybridized carbons (Fsp3) is 0.125.